The highest BCUT2D eigenvalue weighted by molar-refractivity contribution is 5.11. The Balaban J connectivity index is 2.62. The number of nitrogens with zero attached hydrogens (tertiary/aromatic N) is 2. The summed E-state index contributed by atoms with van der Waals surface area (Å²) in [5.41, 5.74) is 2.34. The molecule has 0 atom stereocenters. The maximum Gasteiger partial charge on any atom is 0.0547 e. The summed E-state index contributed by atoms with van der Waals surface area (Å²) in [4.78, 5) is 7.32. The molecular formula is C18H33N3. The van der Waals surface area contributed by atoms with E-state index in [0.29, 0.717) is 11.8 Å². The molecule has 0 fully saturated rings. The van der Waals surface area contributed by atoms with Crippen LogP contribution in [0.15, 0.2) is 18.2 Å². The summed E-state index contributed by atoms with van der Waals surface area (Å²) in [5.74, 6) is 1.39. The van der Waals surface area contributed by atoms with Crippen LogP contribution < -0.4 is 5.32 Å². The minimum atomic E-state index is 0.693. The predicted molar refractivity (Wildman–Crippen MR) is 91.2 cm³/mol. The Morgan fingerprint density at radius 1 is 1.05 bits per heavy atom. The summed E-state index contributed by atoms with van der Waals surface area (Å²) in [6.07, 6.45) is 1.16. The molecule has 0 amide bonds. The molecule has 0 aliphatic rings. The molecule has 0 saturated carbocycles. The molecule has 21 heavy (non-hydrogen) atoms. The summed E-state index contributed by atoms with van der Waals surface area (Å²) in [7, 11) is 0. The molecule has 0 radical (unpaired) electrons. The van der Waals surface area contributed by atoms with E-state index in [0.717, 1.165) is 44.8 Å². The molecule has 1 N–H and O–H groups in total. The van der Waals surface area contributed by atoms with Gasteiger partial charge in [0, 0.05) is 26.2 Å². The Morgan fingerprint density at radius 2 is 1.67 bits per heavy atom. The van der Waals surface area contributed by atoms with Gasteiger partial charge in [-0.05, 0) is 36.9 Å². The zero-order chi connectivity index (χ0) is 15.7. The molecular weight excluding hydrogens is 258 g/mol. The average Bonchev–Trinajstić information content (AvgIpc) is 2.38. The summed E-state index contributed by atoms with van der Waals surface area (Å²) < 4.78 is 0. The molecule has 0 aliphatic carbocycles. The first kappa shape index (κ1) is 18.1. The highest BCUT2D eigenvalue weighted by Gasteiger charge is 2.11. The molecule has 120 valence electrons. The van der Waals surface area contributed by atoms with E-state index in [1.807, 2.05) is 0 Å². The maximum absolute atomic E-state index is 4.79. The van der Waals surface area contributed by atoms with Gasteiger partial charge < -0.3 is 5.32 Å². The van der Waals surface area contributed by atoms with Crippen LogP contribution in [-0.2, 0) is 13.1 Å². The Hall–Kier alpha value is -0.930. The van der Waals surface area contributed by atoms with Crippen molar-refractivity contribution in [2.45, 2.75) is 54.1 Å². The fourth-order valence-electron chi connectivity index (χ4n) is 2.57. The van der Waals surface area contributed by atoms with Crippen LogP contribution in [0, 0.1) is 11.8 Å². The monoisotopic (exact) mass is 291 g/mol. The number of hydrogen-bond donors (Lipinski definition) is 1. The number of nitrogens with one attached hydrogen (secondary N) is 1. The molecule has 1 heterocycles. The largest absolute Gasteiger partial charge is 0.311 e. The van der Waals surface area contributed by atoms with Gasteiger partial charge in [0.05, 0.1) is 11.4 Å². The number of aromatic nitrogens is 1. The Morgan fingerprint density at radius 3 is 2.24 bits per heavy atom. The van der Waals surface area contributed by atoms with E-state index in [4.69, 9.17) is 4.98 Å². The Kier molecular flexibility index (Phi) is 8.55. The Bertz CT molecular complexity index is 378. The van der Waals surface area contributed by atoms with Gasteiger partial charge in [0.15, 0.2) is 0 Å². The summed E-state index contributed by atoms with van der Waals surface area (Å²) in [6.45, 7) is 16.5. The van der Waals surface area contributed by atoms with Crippen molar-refractivity contribution in [3.63, 3.8) is 0 Å². The molecule has 0 unspecified atom stereocenters. The molecule has 1 aromatic rings. The van der Waals surface area contributed by atoms with Gasteiger partial charge in [-0.2, -0.15) is 0 Å². The SMILES string of the molecule is CCCNCc1cccc(CN(CC(C)C)CC(C)C)n1. The molecule has 0 aromatic carbocycles. The molecule has 0 saturated heterocycles. The van der Waals surface area contributed by atoms with Crippen molar-refractivity contribution >= 4 is 0 Å². The fourth-order valence-corrected chi connectivity index (χ4v) is 2.57. The third-order valence-electron chi connectivity index (χ3n) is 3.23. The maximum atomic E-state index is 4.79. The topological polar surface area (TPSA) is 28.2 Å². The standard InChI is InChI=1S/C18H33N3/c1-6-10-19-11-17-8-7-9-18(20-17)14-21(12-15(2)3)13-16(4)5/h7-9,15-16,19H,6,10-14H2,1-5H3. The van der Waals surface area contributed by atoms with Gasteiger partial charge in [0.2, 0.25) is 0 Å². The lowest BCUT2D eigenvalue weighted by Crippen LogP contribution is -2.31. The predicted octanol–water partition coefficient (Wildman–Crippen LogP) is 3.70. The van der Waals surface area contributed by atoms with Gasteiger partial charge in [-0.1, -0.05) is 40.7 Å². The quantitative estimate of drug-likeness (QED) is 0.666. The zero-order valence-electron chi connectivity index (χ0n) is 14.5. The second kappa shape index (κ2) is 9.91. The van der Waals surface area contributed by atoms with E-state index in [1.165, 1.54) is 5.69 Å². The fraction of sp³-hybridized carbons (Fsp3) is 0.722. The first-order chi connectivity index (χ1) is 10.0. The minimum absolute atomic E-state index is 0.693. The van der Waals surface area contributed by atoms with E-state index in [1.54, 1.807) is 0 Å². The molecule has 0 aliphatic heterocycles. The molecule has 3 nitrogen and oxygen atoms in total. The van der Waals surface area contributed by atoms with Crippen molar-refractivity contribution in [2.75, 3.05) is 19.6 Å². The summed E-state index contributed by atoms with van der Waals surface area (Å²) in [5, 5.41) is 3.42. The lowest BCUT2D eigenvalue weighted by atomic mass is 10.1. The highest BCUT2D eigenvalue weighted by atomic mass is 15.1. The minimum Gasteiger partial charge on any atom is -0.311 e. The van der Waals surface area contributed by atoms with Crippen LogP contribution in [0.1, 0.15) is 52.4 Å². The normalized spacial score (nSPS) is 11.8. The lowest BCUT2D eigenvalue weighted by molar-refractivity contribution is 0.209. The van der Waals surface area contributed by atoms with Gasteiger partial charge in [-0.15, -0.1) is 0 Å². The Labute approximate surface area is 131 Å². The van der Waals surface area contributed by atoms with Gasteiger partial charge in [-0.3, -0.25) is 9.88 Å². The zero-order valence-corrected chi connectivity index (χ0v) is 14.5. The van der Waals surface area contributed by atoms with E-state index in [2.05, 4.69) is 63.0 Å². The molecule has 1 aromatic heterocycles. The van der Waals surface area contributed by atoms with Crippen LogP contribution in [0.4, 0.5) is 0 Å². The number of pyridine rings is 1. The van der Waals surface area contributed by atoms with Crippen molar-refractivity contribution in [3.05, 3.63) is 29.6 Å². The molecule has 1 rings (SSSR count). The van der Waals surface area contributed by atoms with Gasteiger partial charge in [0.25, 0.3) is 0 Å². The number of hydrogen-bond acceptors (Lipinski definition) is 3. The van der Waals surface area contributed by atoms with Crippen molar-refractivity contribution in [3.8, 4) is 0 Å². The van der Waals surface area contributed by atoms with Crippen molar-refractivity contribution in [2.24, 2.45) is 11.8 Å². The second-order valence-corrected chi connectivity index (χ2v) is 6.78. The molecule has 3 heteroatoms. The van der Waals surface area contributed by atoms with E-state index >= 15 is 0 Å². The second-order valence-electron chi connectivity index (χ2n) is 6.78. The van der Waals surface area contributed by atoms with Crippen LogP contribution in [0.2, 0.25) is 0 Å². The smallest absolute Gasteiger partial charge is 0.0547 e. The first-order valence-corrected chi connectivity index (χ1v) is 8.39. The molecule has 0 spiro atoms. The molecule has 0 bridgehead atoms. The van der Waals surface area contributed by atoms with Crippen molar-refractivity contribution < 1.29 is 0 Å². The summed E-state index contributed by atoms with van der Waals surface area (Å²) >= 11 is 0. The van der Waals surface area contributed by atoms with Gasteiger partial charge >= 0.3 is 0 Å². The van der Waals surface area contributed by atoms with Gasteiger partial charge in [0.1, 0.15) is 0 Å². The highest BCUT2D eigenvalue weighted by Crippen LogP contribution is 2.09. The summed E-state index contributed by atoms with van der Waals surface area (Å²) in [6, 6.07) is 6.40. The third-order valence-corrected chi connectivity index (χ3v) is 3.23. The van der Waals surface area contributed by atoms with Gasteiger partial charge in [-0.25, -0.2) is 0 Å². The van der Waals surface area contributed by atoms with Crippen LogP contribution in [0.5, 0.6) is 0 Å². The first-order valence-electron chi connectivity index (χ1n) is 8.39. The van der Waals surface area contributed by atoms with Crippen LogP contribution in [-0.4, -0.2) is 29.5 Å². The van der Waals surface area contributed by atoms with Crippen molar-refractivity contribution in [1.29, 1.82) is 0 Å². The third kappa shape index (κ3) is 8.18. The van der Waals surface area contributed by atoms with E-state index in [-0.39, 0.29) is 0 Å². The van der Waals surface area contributed by atoms with Crippen molar-refractivity contribution in [1.82, 2.24) is 15.2 Å². The van der Waals surface area contributed by atoms with Crippen LogP contribution in [0.3, 0.4) is 0 Å². The number of rotatable bonds is 10. The van der Waals surface area contributed by atoms with Crippen LogP contribution >= 0.6 is 0 Å². The average molecular weight is 291 g/mol. The van der Waals surface area contributed by atoms with E-state index < -0.39 is 0 Å². The van der Waals surface area contributed by atoms with E-state index in [9.17, 15) is 0 Å². The van der Waals surface area contributed by atoms with Crippen LogP contribution in [0.25, 0.3) is 0 Å². The lowest BCUT2D eigenvalue weighted by Gasteiger charge is -2.25.